The van der Waals surface area contributed by atoms with Crippen molar-refractivity contribution in [1.29, 1.82) is 0 Å². The van der Waals surface area contributed by atoms with Crippen LogP contribution in [0.1, 0.15) is 0 Å². The van der Waals surface area contributed by atoms with E-state index in [2.05, 4.69) is 0 Å². The first-order valence-corrected chi connectivity index (χ1v) is 7.14. The first-order chi connectivity index (χ1) is 10.0. The molecule has 1 saturated heterocycles. The lowest BCUT2D eigenvalue weighted by molar-refractivity contribution is -0.134. The molecule has 1 amide bonds. The number of amides is 1. The summed E-state index contributed by atoms with van der Waals surface area (Å²) >= 11 is 6.05. The van der Waals surface area contributed by atoms with Gasteiger partial charge in [-0.2, -0.15) is 0 Å². The molecule has 0 aliphatic carbocycles. The Morgan fingerprint density at radius 1 is 1.43 bits per heavy atom. The van der Waals surface area contributed by atoms with Crippen LogP contribution < -0.4 is 10.6 Å². The zero-order valence-corrected chi connectivity index (χ0v) is 12.6. The van der Waals surface area contributed by atoms with Gasteiger partial charge in [-0.05, 0) is 18.2 Å². The number of halogens is 2. The number of rotatable bonds is 4. The summed E-state index contributed by atoms with van der Waals surface area (Å²) in [5.74, 6) is -0.468. The molecule has 1 aromatic carbocycles. The van der Waals surface area contributed by atoms with Crippen LogP contribution in [0.5, 0.6) is 0 Å². The van der Waals surface area contributed by atoms with Crippen molar-refractivity contribution in [2.75, 3.05) is 44.8 Å². The zero-order chi connectivity index (χ0) is 15.4. The minimum atomic E-state index is -0.629. The highest BCUT2D eigenvalue weighted by Gasteiger charge is 2.26. The number of methoxy groups -OCH3 is 1. The summed E-state index contributed by atoms with van der Waals surface area (Å²) in [4.78, 5) is 15.8. The molecule has 1 atom stereocenters. The lowest BCUT2D eigenvalue weighted by atomic mass is 10.2. The molecular weight excluding hydrogens is 297 g/mol. The van der Waals surface area contributed by atoms with E-state index in [-0.39, 0.29) is 18.3 Å². The maximum absolute atomic E-state index is 13.1. The third-order valence-corrected chi connectivity index (χ3v) is 3.81. The molecular formula is C14H19ClFN3O2. The summed E-state index contributed by atoms with van der Waals surface area (Å²) in [6, 6.07) is 3.71. The Hall–Kier alpha value is -1.37. The molecule has 1 heterocycles. The number of nitrogens with zero attached hydrogens (tertiary/aromatic N) is 2. The van der Waals surface area contributed by atoms with Crippen LogP contribution in [-0.4, -0.2) is 56.7 Å². The first-order valence-electron chi connectivity index (χ1n) is 6.76. The monoisotopic (exact) mass is 315 g/mol. The van der Waals surface area contributed by atoms with Crippen molar-refractivity contribution in [3.8, 4) is 0 Å². The first kappa shape index (κ1) is 16.0. The van der Waals surface area contributed by atoms with E-state index in [4.69, 9.17) is 22.1 Å². The number of hydrogen-bond acceptors (Lipinski definition) is 4. The molecule has 1 fully saturated rings. The van der Waals surface area contributed by atoms with E-state index in [1.807, 2.05) is 4.90 Å². The van der Waals surface area contributed by atoms with Gasteiger partial charge in [0.25, 0.3) is 0 Å². The van der Waals surface area contributed by atoms with Crippen LogP contribution in [0.15, 0.2) is 18.2 Å². The van der Waals surface area contributed by atoms with E-state index < -0.39 is 6.04 Å². The highest BCUT2D eigenvalue weighted by atomic mass is 35.5. The average molecular weight is 316 g/mol. The SMILES string of the molecule is COCC(N)C(=O)N1CCN(c2ccc(F)cc2Cl)CC1. The highest BCUT2D eigenvalue weighted by molar-refractivity contribution is 6.33. The van der Waals surface area contributed by atoms with Crippen LogP contribution >= 0.6 is 11.6 Å². The number of nitrogens with two attached hydrogens (primary N) is 1. The van der Waals surface area contributed by atoms with E-state index >= 15 is 0 Å². The summed E-state index contributed by atoms with van der Waals surface area (Å²) in [5.41, 5.74) is 6.54. The minimum absolute atomic E-state index is 0.110. The molecule has 1 aliphatic heterocycles. The Balaban J connectivity index is 1.95. The quantitative estimate of drug-likeness (QED) is 0.904. The van der Waals surface area contributed by atoms with Crippen LogP contribution in [0.4, 0.5) is 10.1 Å². The molecule has 2 N–H and O–H groups in total. The maximum atomic E-state index is 13.1. The normalized spacial score (nSPS) is 17.0. The Kier molecular flexibility index (Phi) is 5.39. The second-order valence-electron chi connectivity index (χ2n) is 4.97. The highest BCUT2D eigenvalue weighted by Crippen LogP contribution is 2.27. The number of piperazine rings is 1. The number of carbonyl (C=O) groups is 1. The van der Waals surface area contributed by atoms with E-state index in [1.165, 1.54) is 19.2 Å². The third kappa shape index (κ3) is 3.84. The fourth-order valence-corrected chi connectivity index (χ4v) is 2.68. The number of benzene rings is 1. The van der Waals surface area contributed by atoms with Crippen molar-refractivity contribution in [3.63, 3.8) is 0 Å². The molecule has 1 unspecified atom stereocenters. The van der Waals surface area contributed by atoms with Crippen molar-refractivity contribution in [2.24, 2.45) is 5.73 Å². The molecule has 0 aromatic heterocycles. The predicted molar refractivity (Wildman–Crippen MR) is 80.1 cm³/mol. The number of ether oxygens (including phenoxy) is 1. The Morgan fingerprint density at radius 3 is 2.67 bits per heavy atom. The van der Waals surface area contributed by atoms with Gasteiger partial charge in [0.2, 0.25) is 5.91 Å². The van der Waals surface area contributed by atoms with Gasteiger partial charge in [-0.1, -0.05) is 11.6 Å². The second-order valence-corrected chi connectivity index (χ2v) is 5.38. The smallest absolute Gasteiger partial charge is 0.241 e. The van der Waals surface area contributed by atoms with E-state index in [0.717, 1.165) is 5.69 Å². The van der Waals surface area contributed by atoms with Gasteiger partial charge in [0, 0.05) is 33.3 Å². The lowest BCUT2D eigenvalue weighted by Gasteiger charge is -2.37. The molecule has 5 nitrogen and oxygen atoms in total. The standard InChI is InChI=1S/C14H19ClFN3O2/c1-21-9-12(17)14(20)19-6-4-18(5-7-19)13-3-2-10(16)8-11(13)15/h2-3,8,12H,4-7,9,17H2,1H3. The van der Waals surface area contributed by atoms with Crippen LogP contribution in [0, 0.1) is 5.82 Å². The summed E-state index contributed by atoms with van der Waals surface area (Å²) in [6.45, 7) is 2.60. The predicted octanol–water partition coefficient (Wildman–Crippen LogP) is 1.10. The van der Waals surface area contributed by atoms with Gasteiger partial charge < -0.3 is 20.3 Å². The Bertz CT molecular complexity index is 507. The second kappa shape index (κ2) is 7.06. The molecule has 0 bridgehead atoms. The van der Waals surface area contributed by atoms with E-state index in [1.54, 1.807) is 11.0 Å². The lowest BCUT2D eigenvalue weighted by Crippen LogP contribution is -2.54. The van der Waals surface area contributed by atoms with Gasteiger partial charge in [-0.25, -0.2) is 4.39 Å². The third-order valence-electron chi connectivity index (χ3n) is 3.51. The van der Waals surface area contributed by atoms with Crippen LogP contribution in [-0.2, 0) is 9.53 Å². The van der Waals surface area contributed by atoms with Gasteiger partial charge in [0.1, 0.15) is 11.9 Å². The summed E-state index contributed by atoms with van der Waals surface area (Å²) in [6.07, 6.45) is 0. The molecule has 0 radical (unpaired) electrons. The fraction of sp³-hybridized carbons (Fsp3) is 0.500. The Labute approximate surface area is 128 Å². The van der Waals surface area contributed by atoms with Gasteiger partial charge in [0.15, 0.2) is 0 Å². The average Bonchev–Trinajstić information content (AvgIpc) is 2.47. The van der Waals surface area contributed by atoms with Gasteiger partial charge in [0.05, 0.1) is 17.3 Å². The van der Waals surface area contributed by atoms with Gasteiger partial charge in [-0.3, -0.25) is 4.79 Å². The van der Waals surface area contributed by atoms with Crippen molar-refractivity contribution < 1.29 is 13.9 Å². The van der Waals surface area contributed by atoms with Gasteiger partial charge in [-0.15, -0.1) is 0 Å². The van der Waals surface area contributed by atoms with E-state index in [9.17, 15) is 9.18 Å². The fourth-order valence-electron chi connectivity index (χ4n) is 2.39. The molecule has 21 heavy (non-hydrogen) atoms. The topological polar surface area (TPSA) is 58.8 Å². The van der Waals surface area contributed by atoms with Crippen molar-refractivity contribution in [1.82, 2.24) is 4.90 Å². The van der Waals surface area contributed by atoms with Gasteiger partial charge >= 0.3 is 0 Å². The van der Waals surface area contributed by atoms with Crippen molar-refractivity contribution >= 4 is 23.2 Å². The number of anilines is 1. The minimum Gasteiger partial charge on any atom is -0.383 e. The Morgan fingerprint density at radius 2 is 2.10 bits per heavy atom. The molecule has 1 aromatic rings. The number of hydrogen-bond donors (Lipinski definition) is 1. The van der Waals surface area contributed by atoms with Crippen molar-refractivity contribution in [3.05, 3.63) is 29.0 Å². The summed E-state index contributed by atoms with van der Waals surface area (Å²) in [7, 11) is 1.52. The molecule has 2 rings (SSSR count). The molecule has 116 valence electrons. The maximum Gasteiger partial charge on any atom is 0.241 e. The van der Waals surface area contributed by atoms with Crippen LogP contribution in [0.3, 0.4) is 0 Å². The number of carbonyl (C=O) groups excluding carboxylic acids is 1. The van der Waals surface area contributed by atoms with Crippen LogP contribution in [0.25, 0.3) is 0 Å². The van der Waals surface area contributed by atoms with Crippen LogP contribution in [0.2, 0.25) is 5.02 Å². The van der Waals surface area contributed by atoms with Crippen molar-refractivity contribution in [2.45, 2.75) is 6.04 Å². The molecule has 7 heteroatoms. The summed E-state index contributed by atoms with van der Waals surface area (Å²) in [5, 5.41) is 0.380. The largest absolute Gasteiger partial charge is 0.383 e. The summed E-state index contributed by atoms with van der Waals surface area (Å²) < 4.78 is 18.0. The zero-order valence-electron chi connectivity index (χ0n) is 11.9. The molecule has 1 aliphatic rings. The van der Waals surface area contributed by atoms with E-state index in [0.29, 0.717) is 31.2 Å². The molecule has 0 saturated carbocycles. The molecule has 0 spiro atoms.